The molecular formula is C13H15BrN2O2S. The zero-order chi connectivity index (χ0) is 13.5. The topological polar surface area (TPSA) is 59.2 Å². The molecule has 102 valence electrons. The summed E-state index contributed by atoms with van der Waals surface area (Å²) in [7, 11) is 0. The Balaban J connectivity index is 1.91. The largest absolute Gasteiger partial charge is 0.411 e. The van der Waals surface area contributed by atoms with E-state index in [4.69, 9.17) is 9.52 Å². The molecule has 0 bridgehead atoms. The van der Waals surface area contributed by atoms with Gasteiger partial charge in [0.15, 0.2) is 0 Å². The van der Waals surface area contributed by atoms with Crippen LogP contribution >= 0.6 is 27.7 Å². The van der Waals surface area contributed by atoms with Gasteiger partial charge in [-0.1, -0.05) is 30.3 Å². The van der Waals surface area contributed by atoms with E-state index in [1.165, 1.54) is 0 Å². The molecule has 0 amide bonds. The molecule has 19 heavy (non-hydrogen) atoms. The van der Waals surface area contributed by atoms with Crippen LogP contribution in [0, 0.1) is 0 Å². The van der Waals surface area contributed by atoms with E-state index in [2.05, 4.69) is 26.1 Å². The molecule has 4 nitrogen and oxygen atoms in total. The second kappa shape index (κ2) is 7.67. The normalized spacial score (nSPS) is 10.8. The number of aliphatic hydroxyl groups is 1. The molecule has 0 unspecified atom stereocenters. The molecule has 0 aliphatic rings. The van der Waals surface area contributed by atoms with Crippen LogP contribution in [0.3, 0.4) is 0 Å². The third-order valence-corrected chi connectivity index (χ3v) is 4.13. The molecule has 1 aromatic heterocycles. The number of thioether (sulfide) groups is 1. The highest BCUT2D eigenvalue weighted by Crippen LogP contribution is 2.29. The Morgan fingerprint density at radius 1 is 1.16 bits per heavy atom. The molecular weight excluding hydrogens is 328 g/mol. The first kappa shape index (κ1) is 14.6. The van der Waals surface area contributed by atoms with Crippen LogP contribution in [-0.2, 0) is 0 Å². The lowest BCUT2D eigenvalue weighted by atomic mass is 10.2. The van der Waals surface area contributed by atoms with E-state index in [-0.39, 0.29) is 6.61 Å². The van der Waals surface area contributed by atoms with E-state index in [1.807, 2.05) is 24.3 Å². The molecule has 0 fully saturated rings. The van der Waals surface area contributed by atoms with Crippen molar-refractivity contribution in [3.05, 3.63) is 28.7 Å². The monoisotopic (exact) mass is 342 g/mol. The molecule has 0 saturated heterocycles. The minimum Gasteiger partial charge on any atom is -0.411 e. The molecule has 6 heteroatoms. The molecule has 0 atom stereocenters. The van der Waals surface area contributed by atoms with Crippen LogP contribution in [0.2, 0.25) is 0 Å². The number of unbranched alkanes of at least 4 members (excludes halogenated alkanes) is 2. The van der Waals surface area contributed by atoms with Crippen LogP contribution in [-0.4, -0.2) is 27.7 Å². The molecule has 0 saturated carbocycles. The second-order valence-corrected chi connectivity index (χ2v) is 5.89. The number of rotatable bonds is 7. The highest BCUT2D eigenvalue weighted by atomic mass is 79.9. The average Bonchev–Trinajstić information content (AvgIpc) is 2.88. The van der Waals surface area contributed by atoms with Gasteiger partial charge in [0.1, 0.15) is 0 Å². The number of halogens is 1. The highest BCUT2D eigenvalue weighted by Gasteiger charge is 2.11. The molecule has 0 radical (unpaired) electrons. The van der Waals surface area contributed by atoms with Gasteiger partial charge in [-0.05, 0) is 40.9 Å². The van der Waals surface area contributed by atoms with Crippen LogP contribution in [0.4, 0.5) is 0 Å². The summed E-state index contributed by atoms with van der Waals surface area (Å²) in [6.07, 6.45) is 2.92. The second-order valence-electron chi connectivity index (χ2n) is 3.99. The predicted octanol–water partition coefficient (Wildman–Crippen LogP) is 3.75. The van der Waals surface area contributed by atoms with Crippen LogP contribution in [0.5, 0.6) is 0 Å². The zero-order valence-corrected chi connectivity index (χ0v) is 12.8. The van der Waals surface area contributed by atoms with Crippen LogP contribution in [0.25, 0.3) is 11.5 Å². The molecule has 1 N–H and O–H groups in total. The lowest BCUT2D eigenvalue weighted by molar-refractivity contribution is 0.284. The Morgan fingerprint density at radius 2 is 2.00 bits per heavy atom. The third kappa shape index (κ3) is 4.33. The lowest BCUT2D eigenvalue weighted by Gasteiger charge is -1.98. The molecule has 1 aromatic carbocycles. The van der Waals surface area contributed by atoms with E-state index < -0.39 is 0 Å². The maximum Gasteiger partial charge on any atom is 0.276 e. The van der Waals surface area contributed by atoms with Crippen LogP contribution < -0.4 is 0 Å². The summed E-state index contributed by atoms with van der Waals surface area (Å²) in [6.45, 7) is 0.261. The Kier molecular flexibility index (Phi) is 5.88. The summed E-state index contributed by atoms with van der Waals surface area (Å²) in [5, 5.41) is 17.4. The molecule has 2 rings (SSSR count). The number of hydrogen-bond donors (Lipinski definition) is 1. The van der Waals surface area contributed by atoms with Gasteiger partial charge in [-0.3, -0.25) is 0 Å². The Bertz CT molecular complexity index is 519. The zero-order valence-electron chi connectivity index (χ0n) is 10.4. The fourth-order valence-electron chi connectivity index (χ4n) is 1.56. The maximum absolute atomic E-state index is 8.69. The van der Waals surface area contributed by atoms with Crippen molar-refractivity contribution in [2.75, 3.05) is 12.4 Å². The first-order valence-corrected chi connectivity index (χ1v) is 7.91. The van der Waals surface area contributed by atoms with E-state index in [0.717, 1.165) is 35.1 Å². The van der Waals surface area contributed by atoms with Gasteiger partial charge in [0.2, 0.25) is 5.89 Å². The van der Waals surface area contributed by atoms with Crippen LogP contribution in [0.1, 0.15) is 19.3 Å². The molecule has 2 aromatic rings. The average molecular weight is 343 g/mol. The van der Waals surface area contributed by atoms with Crippen LogP contribution in [0.15, 0.2) is 38.4 Å². The Morgan fingerprint density at radius 3 is 2.79 bits per heavy atom. The SMILES string of the molecule is OCCCCCSc1nnc(-c2ccccc2Br)o1. The van der Waals surface area contributed by atoms with Crippen molar-refractivity contribution < 1.29 is 9.52 Å². The van der Waals surface area contributed by atoms with E-state index in [1.54, 1.807) is 11.8 Å². The van der Waals surface area contributed by atoms with Crippen molar-refractivity contribution in [3.8, 4) is 11.5 Å². The molecule has 1 heterocycles. The molecule has 0 aliphatic heterocycles. The van der Waals surface area contributed by atoms with Crippen molar-refractivity contribution in [2.24, 2.45) is 0 Å². The lowest BCUT2D eigenvalue weighted by Crippen LogP contribution is -1.85. The number of nitrogens with zero attached hydrogens (tertiary/aromatic N) is 2. The maximum atomic E-state index is 8.69. The smallest absolute Gasteiger partial charge is 0.276 e. The number of benzene rings is 1. The van der Waals surface area contributed by atoms with Gasteiger partial charge < -0.3 is 9.52 Å². The number of aromatic nitrogens is 2. The fourth-order valence-corrected chi connectivity index (χ4v) is 2.78. The van der Waals surface area contributed by atoms with Crippen molar-refractivity contribution in [1.29, 1.82) is 0 Å². The molecule has 0 spiro atoms. The number of aliphatic hydroxyl groups excluding tert-OH is 1. The van der Waals surface area contributed by atoms with Crippen molar-refractivity contribution in [2.45, 2.75) is 24.5 Å². The van der Waals surface area contributed by atoms with Gasteiger partial charge in [-0.2, -0.15) is 0 Å². The number of hydrogen-bond acceptors (Lipinski definition) is 5. The van der Waals surface area contributed by atoms with Gasteiger partial charge in [0.25, 0.3) is 5.22 Å². The van der Waals surface area contributed by atoms with Crippen molar-refractivity contribution in [1.82, 2.24) is 10.2 Å². The van der Waals surface area contributed by atoms with E-state index in [9.17, 15) is 0 Å². The Hall–Kier alpha value is -0.850. The summed E-state index contributed by atoms with van der Waals surface area (Å²) < 4.78 is 6.56. The summed E-state index contributed by atoms with van der Waals surface area (Å²) in [6, 6.07) is 7.77. The summed E-state index contributed by atoms with van der Waals surface area (Å²) in [5.41, 5.74) is 0.905. The quantitative estimate of drug-likeness (QED) is 0.613. The van der Waals surface area contributed by atoms with E-state index >= 15 is 0 Å². The molecule has 0 aliphatic carbocycles. The first-order chi connectivity index (χ1) is 9.31. The standard InChI is InChI=1S/C13H15BrN2O2S/c14-11-7-3-2-6-10(11)12-15-16-13(18-12)19-9-5-1-4-8-17/h2-3,6-7,17H,1,4-5,8-9H2. The van der Waals surface area contributed by atoms with E-state index in [0.29, 0.717) is 11.1 Å². The predicted molar refractivity (Wildman–Crippen MR) is 79.1 cm³/mol. The van der Waals surface area contributed by atoms with Gasteiger partial charge in [-0.15, -0.1) is 10.2 Å². The fraction of sp³-hybridized carbons (Fsp3) is 0.385. The summed E-state index contributed by atoms with van der Waals surface area (Å²) >= 11 is 5.02. The minimum atomic E-state index is 0.261. The Labute approximate surface area is 124 Å². The summed E-state index contributed by atoms with van der Waals surface area (Å²) in [5.74, 6) is 1.46. The van der Waals surface area contributed by atoms with Gasteiger partial charge in [0, 0.05) is 16.8 Å². The van der Waals surface area contributed by atoms with Gasteiger partial charge in [0.05, 0.1) is 5.56 Å². The minimum absolute atomic E-state index is 0.261. The van der Waals surface area contributed by atoms with Gasteiger partial charge in [-0.25, -0.2) is 0 Å². The van der Waals surface area contributed by atoms with Crippen molar-refractivity contribution in [3.63, 3.8) is 0 Å². The highest BCUT2D eigenvalue weighted by molar-refractivity contribution is 9.10. The van der Waals surface area contributed by atoms with Gasteiger partial charge >= 0.3 is 0 Å². The van der Waals surface area contributed by atoms with Crippen molar-refractivity contribution >= 4 is 27.7 Å². The first-order valence-electron chi connectivity index (χ1n) is 6.13. The third-order valence-electron chi connectivity index (χ3n) is 2.54. The summed E-state index contributed by atoms with van der Waals surface area (Å²) in [4.78, 5) is 0.